The van der Waals surface area contributed by atoms with E-state index in [2.05, 4.69) is 15.6 Å². The van der Waals surface area contributed by atoms with E-state index in [1.54, 1.807) is 21.3 Å². The maximum absolute atomic E-state index is 5.93. The van der Waals surface area contributed by atoms with E-state index < -0.39 is 0 Å². The molecule has 7 heteroatoms. The van der Waals surface area contributed by atoms with Crippen LogP contribution in [-0.2, 0) is 13.0 Å². The molecule has 2 aromatic rings. The summed E-state index contributed by atoms with van der Waals surface area (Å²) in [6.45, 7) is 4.09. The van der Waals surface area contributed by atoms with Gasteiger partial charge >= 0.3 is 0 Å². The number of nitrogens with zero attached hydrogens (tertiary/aromatic N) is 1. The molecule has 0 aromatic heterocycles. The summed E-state index contributed by atoms with van der Waals surface area (Å²) in [5, 5.41) is 7.33. The van der Waals surface area contributed by atoms with Gasteiger partial charge in [0.1, 0.15) is 0 Å². The standard InChI is InChI=1S/C21H28ClN3O3/c1-5-23-21(25-14-15-6-9-17(22)10-7-15)24-13-12-16-8-11-18(26-2)20(28-4)19(16)27-3/h6-11H,5,12-14H2,1-4H3,(H2,23,24,25). The van der Waals surface area contributed by atoms with Crippen LogP contribution in [0.2, 0.25) is 5.02 Å². The fourth-order valence-electron chi connectivity index (χ4n) is 2.78. The number of aliphatic imine (C=N–C) groups is 1. The minimum atomic E-state index is 0.576. The van der Waals surface area contributed by atoms with Crippen molar-refractivity contribution in [1.82, 2.24) is 10.6 Å². The molecule has 0 atom stereocenters. The summed E-state index contributed by atoms with van der Waals surface area (Å²) in [6.07, 6.45) is 0.745. The van der Waals surface area contributed by atoms with Crippen molar-refractivity contribution in [3.8, 4) is 17.2 Å². The van der Waals surface area contributed by atoms with Gasteiger partial charge in [0, 0.05) is 23.7 Å². The summed E-state index contributed by atoms with van der Waals surface area (Å²) >= 11 is 5.93. The fraction of sp³-hybridized carbons (Fsp3) is 0.381. The van der Waals surface area contributed by atoms with Crippen molar-refractivity contribution in [3.63, 3.8) is 0 Å². The second kappa shape index (κ2) is 11.3. The van der Waals surface area contributed by atoms with E-state index in [9.17, 15) is 0 Å². The molecule has 0 saturated heterocycles. The molecule has 0 saturated carbocycles. The van der Waals surface area contributed by atoms with Gasteiger partial charge in [-0.05, 0) is 37.1 Å². The Labute approximate surface area is 171 Å². The summed E-state index contributed by atoms with van der Waals surface area (Å²) in [5.74, 6) is 2.70. The summed E-state index contributed by atoms with van der Waals surface area (Å²) in [5.41, 5.74) is 2.13. The third-order valence-corrected chi connectivity index (χ3v) is 4.40. The van der Waals surface area contributed by atoms with Gasteiger partial charge in [-0.1, -0.05) is 29.8 Å². The van der Waals surface area contributed by atoms with E-state index in [-0.39, 0.29) is 0 Å². The number of guanidine groups is 1. The van der Waals surface area contributed by atoms with Gasteiger partial charge in [0.2, 0.25) is 5.75 Å². The summed E-state index contributed by atoms with van der Waals surface area (Å²) in [7, 11) is 4.85. The molecular formula is C21H28ClN3O3. The normalized spacial score (nSPS) is 11.1. The maximum Gasteiger partial charge on any atom is 0.203 e. The van der Waals surface area contributed by atoms with Gasteiger partial charge < -0.3 is 24.8 Å². The number of ether oxygens (including phenoxy) is 3. The minimum absolute atomic E-state index is 0.576. The largest absolute Gasteiger partial charge is 0.493 e. The molecule has 0 aliphatic carbocycles. The Morgan fingerprint density at radius 1 is 0.929 bits per heavy atom. The molecule has 2 rings (SSSR count). The van der Waals surface area contributed by atoms with Crippen LogP contribution in [0.4, 0.5) is 0 Å². The molecule has 0 fully saturated rings. The van der Waals surface area contributed by atoms with Gasteiger partial charge in [-0.2, -0.15) is 0 Å². The molecule has 2 N–H and O–H groups in total. The van der Waals surface area contributed by atoms with Crippen molar-refractivity contribution in [1.29, 1.82) is 0 Å². The molecule has 0 radical (unpaired) electrons. The summed E-state index contributed by atoms with van der Waals surface area (Å²) in [6, 6.07) is 11.6. The zero-order chi connectivity index (χ0) is 20.4. The number of hydrogen-bond acceptors (Lipinski definition) is 4. The van der Waals surface area contributed by atoms with Gasteiger partial charge in [0.05, 0.1) is 27.9 Å². The minimum Gasteiger partial charge on any atom is -0.493 e. The molecule has 28 heavy (non-hydrogen) atoms. The van der Waals surface area contributed by atoms with E-state index in [1.165, 1.54) is 0 Å². The molecule has 2 aromatic carbocycles. The van der Waals surface area contributed by atoms with Crippen molar-refractivity contribution in [2.75, 3.05) is 34.4 Å². The highest BCUT2D eigenvalue weighted by atomic mass is 35.5. The van der Waals surface area contributed by atoms with Crippen molar-refractivity contribution < 1.29 is 14.2 Å². The lowest BCUT2D eigenvalue weighted by molar-refractivity contribution is 0.322. The molecule has 0 bridgehead atoms. The molecule has 0 aliphatic heterocycles. The number of rotatable bonds is 9. The number of halogens is 1. The first-order valence-corrected chi connectivity index (χ1v) is 9.55. The van der Waals surface area contributed by atoms with Crippen LogP contribution in [-0.4, -0.2) is 40.4 Å². The second-order valence-electron chi connectivity index (χ2n) is 5.99. The van der Waals surface area contributed by atoms with Crippen LogP contribution in [0.3, 0.4) is 0 Å². The molecule has 0 heterocycles. The molecular weight excluding hydrogens is 378 g/mol. The highest BCUT2D eigenvalue weighted by Crippen LogP contribution is 2.39. The molecule has 152 valence electrons. The van der Waals surface area contributed by atoms with Gasteiger partial charge in [-0.3, -0.25) is 0 Å². The predicted molar refractivity (Wildman–Crippen MR) is 114 cm³/mol. The average Bonchev–Trinajstić information content (AvgIpc) is 2.72. The first-order valence-electron chi connectivity index (χ1n) is 9.17. The van der Waals surface area contributed by atoms with Crippen LogP contribution in [0, 0.1) is 0 Å². The van der Waals surface area contributed by atoms with Crippen LogP contribution in [0.1, 0.15) is 18.1 Å². The van der Waals surface area contributed by atoms with Gasteiger partial charge in [-0.25, -0.2) is 4.99 Å². The molecule has 0 spiro atoms. The Morgan fingerprint density at radius 2 is 1.64 bits per heavy atom. The monoisotopic (exact) mass is 405 g/mol. The fourth-order valence-corrected chi connectivity index (χ4v) is 2.90. The van der Waals surface area contributed by atoms with Crippen LogP contribution in [0.5, 0.6) is 17.2 Å². The van der Waals surface area contributed by atoms with E-state index >= 15 is 0 Å². The van der Waals surface area contributed by atoms with Gasteiger partial charge in [0.25, 0.3) is 0 Å². The van der Waals surface area contributed by atoms with Crippen molar-refractivity contribution >= 4 is 17.6 Å². The molecule has 0 aliphatic rings. The molecule has 0 amide bonds. The average molecular weight is 406 g/mol. The first-order chi connectivity index (χ1) is 13.6. The number of methoxy groups -OCH3 is 3. The quantitative estimate of drug-likeness (QED) is 0.492. The van der Waals surface area contributed by atoms with Crippen LogP contribution in [0.15, 0.2) is 41.4 Å². The summed E-state index contributed by atoms with van der Waals surface area (Å²) < 4.78 is 16.3. The zero-order valence-electron chi connectivity index (χ0n) is 16.8. The van der Waals surface area contributed by atoms with Crippen molar-refractivity contribution in [2.24, 2.45) is 4.99 Å². The third kappa shape index (κ3) is 5.96. The Balaban J connectivity index is 2.02. The number of benzene rings is 2. The third-order valence-electron chi connectivity index (χ3n) is 4.15. The van der Waals surface area contributed by atoms with Crippen LogP contribution < -0.4 is 24.8 Å². The topological polar surface area (TPSA) is 64.1 Å². The van der Waals surface area contributed by atoms with E-state index in [1.807, 2.05) is 43.3 Å². The summed E-state index contributed by atoms with van der Waals surface area (Å²) in [4.78, 5) is 4.62. The Hall–Kier alpha value is -2.60. The lowest BCUT2D eigenvalue weighted by atomic mass is 10.1. The zero-order valence-corrected chi connectivity index (χ0v) is 17.6. The Bertz CT molecular complexity index is 779. The molecule has 6 nitrogen and oxygen atoms in total. The van der Waals surface area contributed by atoms with E-state index in [4.69, 9.17) is 25.8 Å². The highest BCUT2D eigenvalue weighted by Gasteiger charge is 2.15. The van der Waals surface area contributed by atoms with E-state index in [0.29, 0.717) is 30.3 Å². The lowest BCUT2D eigenvalue weighted by Crippen LogP contribution is -2.38. The van der Waals surface area contributed by atoms with E-state index in [0.717, 1.165) is 35.1 Å². The smallest absolute Gasteiger partial charge is 0.203 e. The predicted octanol–water partition coefficient (Wildman–Crippen LogP) is 3.66. The SMILES string of the molecule is CCNC(=NCc1ccc(Cl)cc1)NCCc1ccc(OC)c(OC)c1OC. The lowest BCUT2D eigenvalue weighted by Gasteiger charge is -2.16. The van der Waals surface area contributed by atoms with Crippen molar-refractivity contribution in [2.45, 2.75) is 19.9 Å². The second-order valence-corrected chi connectivity index (χ2v) is 6.43. The number of nitrogens with one attached hydrogen (secondary N) is 2. The Morgan fingerprint density at radius 3 is 2.25 bits per heavy atom. The highest BCUT2D eigenvalue weighted by molar-refractivity contribution is 6.30. The van der Waals surface area contributed by atoms with Crippen LogP contribution >= 0.6 is 11.6 Å². The Kier molecular flexibility index (Phi) is 8.75. The molecule has 0 unspecified atom stereocenters. The van der Waals surface area contributed by atoms with Gasteiger partial charge in [0.15, 0.2) is 17.5 Å². The number of hydrogen-bond donors (Lipinski definition) is 2. The maximum atomic E-state index is 5.93. The van der Waals surface area contributed by atoms with Gasteiger partial charge in [-0.15, -0.1) is 0 Å². The van der Waals surface area contributed by atoms with Crippen LogP contribution in [0.25, 0.3) is 0 Å². The first kappa shape index (κ1) is 21.7. The van der Waals surface area contributed by atoms with Crippen molar-refractivity contribution in [3.05, 3.63) is 52.5 Å².